The van der Waals surface area contributed by atoms with E-state index < -0.39 is 23.3 Å². The highest BCUT2D eigenvalue weighted by Gasteiger charge is 2.49. The number of likely N-dealkylation sites (tertiary alicyclic amines) is 1. The molecule has 0 aliphatic carbocycles. The van der Waals surface area contributed by atoms with Crippen molar-refractivity contribution >= 4 is 49.1 Å². The third-order valence-electron chi connectivity index (χ3n) is 10.2. The number of hydrogen-bond donors (Lipinski definition) is 1. The molecular weight excluding hydrogens is 627 g/mol. The molecule has 3 aliphatic heterocycles. The van der Waals surface area contributed by atoms with E-state index in [4.69, 9.17) is 20.4 Å². The molecule has 9 nitrogen and oxygen atoms in total. The van der Waals surface area contributed by atoms with Crippen molar-refractivity contribution < 1.29 is 22.7 Å². The van der Waals surface area contributed by atoms with Crippen LogP contribution in [0.4, 0.5) is 24.0 Å². The second-order valence-corrected chi connectivity index (χ2v) is 13.8. The molecule has 0 saturated carbocycles. The van der Waals surface area contributed by atoms with Gasteiger partial charge in [-0.25, -0.2) is 13.2 Å². The first-order chi connectivity index (χ1) is 22.5. The van der Waals surface area contributed by atoms with Crippen LogP contribution in [-0.2, 0) is 4.79 Å². The van der Waals surface area contributed by atoms with Gasteiger partial charge in [0, 0.05) is 48.9 Å². The lowest BCUT2D eigenvalue weighted by molar-refractivity contribution is -0.126. The van der Waals surface area contributed by atoms with E-state index in [9.17, 15) is 18.8 Å². The number of benzene rings is 2. The highest BCUT2D eigenvalue weighted by molar-refractivity contribution is 7.23. The number of alkyl halides is 1. The number of carbonyl (C=O) groups excluding carboxylic acids is 1. The van der Waals surface area contributed by atoms with Crippen molar-refractivity contribution in [2.45, 2.75) is 56.4 Å². The van der Waals surface area contributed by atoms with E-state index in [0.717, 1.165) is 30.7 Å². The Morgan fingerprint density at radius 1 is 1.28 bits per heavy atom. The zero-order chi connectivity index (χ0) is 33.2. The molecule has 0 radical (unpaired) electrons. The minimum absolute atomic E-state index is 0.0619. The Morgan fingerprint density at radius 3 is 2.85 bits per heavy atom. The number of aromatic nitrogens is 2. The summed E-state index contributed by atoms with van der Waals surface area (Å²) < 4.78 is 52.0. The maximum Gasteiger partial charge on any atom is 0.319 e. The highest BCUT2D eigenvalue weighted by Crippen LogP contribution is 2.44. The molecule has 13 heteroatoms. The number of nitrogen functional groups attached to an aromatic ring is 1. The quantitative estimate of drug-likeness (QED) is 0.247. The zero-order valence-electron chi connectivity index (χ0n) is 26.1. The van der Waals surface area contributed by atoms with E-state index in [-0.39, 0.29) is 56.8 Å². The van der Waals surface area contributed by atoms with Crippen LogP contribution in [0, 0.1) is 23.0 Å². The van der Waals surface area contributed by atoms with E-state index in [0.29, 0.717) is 48.2 Å². The van der Waals surface area contributed by atoms with Crippen molar-refractivity contribution in [3.63, 3.8) is 0 Å². The molecule has 0 unspecified atom stereocenters. The lowest BCUT2D eigenvalue weighted by Crippen LogP contribution is -2.44. The van der Waals surface area contributed by atoms with Gasteiger partial charge in [-0.1, -0.05) is 12.6 Å². The largest absolute Gasteiger partial charge is 0.461 e. The van der Waals surface area contributed by atoms with Crippen LogP contribution in [0.3, 0.4) is 0 Å². The Bertz CT molecular complexity index is 1980. The third kappa shape index (κ3) is 5.05. The van der Waals surface area contributed by atoms with Gasteiger partial charge in [0.1, 0.15) is 41.3 Å². The Balaban J connectivity index is 1.35. The number of likely N-dealkylation sites (N-methyl/N-ethyl adjacent to an activating group) is 1. The van der Waals surface area contributed by atoms with Crippen molar-refractivity contribution in [1.82, 2.24) is 19.8 Å². The summed E-state index contributed by atoms with van der Waals surface area (Å²) in [5, 5.41) is 10.6. The molecule has 7 rings (SSSR count). The fourth-order valence-electron chi connectivity index (χ4n) is 7.85. The van der Waals surface area contributed by atoms with Crippen LogP contribution in [0.25, 0.3) is 32.1 Å². The summed E-state index contributed by atoms with van der Waals surface area (Å²) >= 11 is 0.942. The molecule has 2 N–H and O–H groups in total. The van der Waals surface area contributed by atoms with Crippen molar-refractivity contribution in [1.29, 1.82) is 5.26 Å². The average Bonchev–Trinajstić information content (AvgIpc) is 3.79. The summed E-state index contributed by atoms with van der Waals surface area (Å²) in [5.41, 5.74) is 6.50. The molecular formula is C34H34F3N7O2S. The van der Waals surface area contributed by atoms with Crippen LogP contribution in [-0.4, -0.2) is 82.8 Å². The van der Waals surface area contributed by atoms with Crippen LogP contribution >= 0.6 is 11.3 Å². The first kappa shape index (κ1) is 31.2. The summed E-state index contributed by atoms with van der Waals surface area (Å²) in [4.78, 5) is 27.8. The first-order valence-electron chi connectivity index (χ1n) is 15.6. The maximum atomic E-state index is 16.2. The number of nitrogens with zero attached hydrogens (tertiary/aromatic N) is 6. The molecule has 0 bridgehead atoms. The smallest absolute Gasteiger partial charge is 0.319 e. The molecule has 47 heavy (non-hydrogen) atoms. The monoisotopic (exact) mass is 661 g/mol. The van der Waals surface area contributed by atoms with Gasteiger partial charge in [0.2, 0.25) is 5.91 Å². The minimum atomic E-state index is -0.925. The Hall–Kier alpha value is -4.41. The van der Waals surface area contributed by atoms with Gasteiger partial charge in [-0.15, -0.1) is 11.3 Å². The van der Waals surface area contributed by atoms with Gasteiger partial charge in [-0.3, -0.25) is 9.69 Å². The Labute approximate surface area is 274 Å². The van der Waals surface area contributed by atoms with Gasteiger partial charge in [-0.2, -0.15) is 15.2 Å². The molecule has 0 spiro atoms. The molecule has 2 aromatic carbocycles. The molecule has 1 amide bonds. The van der Waals surface area contributed by atoms with Gasteiger partial charge in [-0.05, 0) is 62.6 Å². The third-order valence-corrected chi connectivity index (χ3v) is 11.2. The molecule has 4 atom stereocenters. The van der Waals surface area contributed by atoms with Crippen LogP contribution in [0.2, 0.25) is 0 Å². The SMILES string of the molecule is C=CC(=O)N1CC[C@@H](N(C)c2nc(OC[C@@]34CCCN3C[C@H](F)C4)nc3cc(-c4ccc(F)c5sc(N)c(C#N)c45)c(F)cc23)[C@@H]1C. The molecule has 244 valence electrons. The molecule has 4 aromatic rings. The molecule has 3 aliphatic rings. The number of fused-ring (bicyclic) bond motifs is 3. The van der Waals surface area contributed by atoms with E-state index in [1.54, 1.807) is 11.0 Å². The Kier molecular flexibility index (Phi) is 7.75. The Morgan fingerprint density at radius 2 is 2.09 bits per heavy atom. The van der Waals surface area contributed by atoms with E-state index >= 15 is 4.39 Å². The predicted molar refractivity (Wildman–Crippen MR) is 176 cm³/mol. The van der Waals surface area contributed by atoms with Crippen molar-refractivity contribution in [3.8, 4) is 23.2 Å². The average molecular weight is 662 g/mol. The van der Waals surface area contributed by atoms with Gasteiger partial charge >= 0.3 is 6.01 Å². The lowest BCUT2D eigenvalue weighted by atomic mass is 9.95. The van der Waals surface area contributed by atoms with Crippen molar-refractivity contribution in [2.24, 2.45) is 0 Å². The minimum Gasteiger partial charge on any atom is -0.461 e. The van der Waals surface area contributed by atoms with Crippen LogP contribution in [0.1, 0.15) is 38.2 Å². The fraction of sp³-hybridized carbons (Fsp3) is 0.412. The number of nitriles is 1. The number of hydrogen-bond acceptors (Lipinski definition) is 9. The van der Waals surface area contributed by atoms with Crippen molar-refractivity contribution in [2.75, 3.05) is 43.9 Å². The summed E-state index contributed by atoms with van der Waals surface area (Å²) in [6, 6.07) is 7.33. The zero-order valence-corrected chi connectivity index (χ0v) is 26.9. The van der Waals surface area contributed by atoms with Gasteiger partial charge in [0.05, 0.1) is 27.4 Å². The first-order valence-corrected chi connectivity index (χ1v) is 16.5. The number of amides is 1. The summed E-state index contributed by atoms with van der Waals surface area (Å²) in [5.74, 6) is -0.922. The number of carbonyl (C=O) groups is 1. The lowest BCUT2D eigenvalue weighted by Gasteiger charge is -2.33. The number of thiophene rings is 1. The number of halogens is 3. The maximum absolute atomic E-state index is 16.2. The normalized spacial score (nSPS) is 24.2. The highest BCUT2D eigenvalue weighted by atomic mass is 32.1. The van der Waals surface area contributed by atoms with E-state index in [1.807, 2.05) is 24.9 Å². The standard InChI is InChI=1S/C34H34F3N7O2S/c1-4-28(45)44-11-8-27(18(44)2)42(3)32-22-12-25(37)21(20-6-7-24(36)30-29(20)23(15-38)31(39)47-30)13-26(22)40-33(41-32)46-17-34-9-5-10-43(34)16-19(35)14-34/h4,6-7,12-13,18-19,27H,1,5,8-11,14,16-17,39H2,2-3H3/t18-,19+,27+,34-/m0/s1. The number of ether oxygens (including phenoxy) is 1. The summed E-state index contributed by atoms with van der Waals surface area (Å²) in [7, 11) is 1.85. The number of rotatable bonds is 7. The van der Waals surface area contributed by atoms with Gasteiger partial charge < -0.3 is 20.3 Å². The van der Waals surface area contributed by atoms with Gasteiger partial charge in [0.15, 0.2) is 0 Å². The summed E-state index contributed by atoms with van der Waals surface area (Å²) in [6.07, 6.45) is 3.16. The fourth-order valence-corrected chi connectivity index (χ4v) is 8.80. The van der Waals surface area contributed by atoms with Crippen LogP contribution in [0.15, 0.2) is 36.9 Å². The molecule has 5 heterocycles. The topological polar surface area (TPSA) is 112 Å². The second-order valence-electron chi connectivity index (χ2n) is 12.7. The molecule has 3 fully saturated rings. The number of anilines is 2. The van der Waals surface area contributed by atoms with Crippen LogP contribution < -0.4 is 15.4 Å². The van der Waals surface area contributed by atoms with Crippen molar-refractivity contribution in [3.05, 3.63) is 54.1 Å². The van der Waals surface area contributed by atoms with E-state index in [1.165, 1.54) is 24.3 Å². The summed E-state index contributed by atoms with van der Waals surface area (Å²) in [6.45, 7) is 7.49. The molecule has 3 saturated heterocycles. The van der Waals surface area contributed by atoms with Crippen LogP contribution in [0.5, 0.6) is 6.01 Å². The van der Waals surface area contributed by atoms with Gasteiger partial charge in [0.25, 0.3) is 0 Å². The van der Waals surface area contributed by atoms with E-state index in [2.05, 4.69) is 11.5 Å². The number of nitrogens with two attached hydrogens (primary N) is 1. The second kappa shape index (κ2) is 11.7. The molecule has 2 aromatic heterocycles. The predicted octanol–water partition coefficient (Wildman–Crippen LogP) is 5.81.